The predicted octanol–water partition coefficient (Wildman–Crippen LogP) is 3.38. The number of phenols is 1. The van der Waals surface area contributed by atoms with Crippen LogP contribution in [0, 0.1) is 0 Å². The smallest absolute Gasteiger partial charge is 0.191 e. The molecular weight excluding hydrogens is 431 g/mol. The van der Waals surface area contributed by atoms with Crippen molar-refractivity contribution in [3.8, 4) is 5.75 Å². The Morgan fingerprint density at radius 3 is 2.44 bits per heavy atom. The maximum Gasteiger partial charge on any atom is 0.191 e. The van der Waals surface area contributed by atoms with E-state index < -0.39 is 0 Å². The Labute approximate surface area is 166 Å². The number of nitrogens with one attached hydrogen (secondary N) is 2. The van der Waals surface area contributed by atoms with E-state index in [0.717, 1.165) is 47.9 Å². The molecule has 25 heavy (non-hydrogen) atoms. The van der Waals surface area contributed by atoms with E-state index in [0.29, 0.717) is 13.1 Å². The van der Waals surface area contributed by atoms with Crippen LogP contribution in [0.4, 0.5) is 0 Å². The molecule has 0 atom stereocenters. The van der Waals surface area contributed by atoms with Crippen molar-refractivity contribution < 1.29 is 9.63 Å². The zero-order valence-electron chi connectivity index (χ0n) is 15.0. The fourth-order valence-corrected chi connectivity index (χ4v) is 2.42. The highest BCUT2D eigenvalue weighted by molar-refractivity contribution is 14.0. The fourth-order valence-electron chi connectivity index (χ4n) is 2.42. The maximum absolute atomic E-state index is 9.33. The average Bonchev–Trinajstić information content (AvgIpc) is 3.00. The third kappa shape index (κ3) is 6.22. The largest absolute Gasteiger partial charge is 0.508 e. The second-order valence-electron chi connectivity index (χ2n) is 5.45. The van der Waals surface area contributed by atoms with Crippen LogP contribution in [0.15, 0.2) is 33.8 Å². The van der Waals surface area contributed by atoms with Gasteiger partial charge in [-0.15, -0.1) is 24.0 Å². The molecule has 6 nitrogen and oxygen atoms in total. The molecule has 0 saturated carbocycles. The highest BCUT2D eigenvalue weighted by Gasteiger charge is 2.13. The summed E-state index contributed by atoms with van der Waals surface area (Å²) >= 11 is 0. The van der Waals surface area contributed by atoms with Crippen LogP contribution >= 0.6 is 24.0 Å². The summed E-state index contributed by atoms with van der Waals surface area (Å²) in [6.07, 6.45) is 1.67. The molecule has 138 valence electrons. The second kappa shape index (κ2) is 11.0. The van der Waals surface area contributed by atoms with Gasteiger partial charge in [-0.1, -0.05) is 31.1 Å². The van der Waals surface area contributed by atoms with Gasteiger partial charge in [0.1, 0.15) is 11.5 Å². The van der Waals surface area contributed by atoms with Gasteiger partial charge in [0.15, 0.2) is 5.96 Å². The van der Waals surface area contributed by atoms with Crippen molar-refractivity contribution in [3.63, 3.8) is 0 Å². The van der Waals surface area contributed by atoms with Gasteiger partial charge in [0.2, 0.25) is 0 Å². The molecule has 0 spiro atoms. The molecule has 0 unspecified atom stereocenters. The number of aliphatic imine (C=N–C) groups is 1. The minimum absolute atomic E-state index is 0. The first-order chi connectivity index (χ1) is 11.7. The predicted molar refractivity (Wildman–Crippen MR) is 110 cm³/mol. The maximum atomic E-state index is 9.33. The molecule has 2 rings (SSSR count). The van der Waals surface area contributed by atoms with Crippen LogP contribution < -0.4 is 10.6 Å². The molecule has 0 aliphatic carbocycles. The number of halogens is 1. The third-order valence-corrected chi connectivity index (χ3v) is 3.74. The van der Waals surface area contributed by atoms with Crippen LogP contribution in [-0.4, -0.2) is 22.8 Å². The number of phenolic OH excluding ortho intramolecular Hbond substituents is 1. The standard InChI is InChI=1S/C18H26N4O2.HI/c1-4-16-15(17(5-2)24-22-16)12-21-18(19-6-3)20-11-13-7-9-14(23)10-8-13;/h7-10,23H,4-6,11-12H2,1-3H3,(H2,19,20,21);1H. The van der Waals surface area contributed by atoms with Crippen molar-refractivity contribution in [2.24, 2.45) is 4.99 Å². The summed E-state index contributed by atoms with van der Waals surface area (Å²) in [6, 6.07) is 7.08. The molecule has 0 bridgehead atoms. The molecule has 1 heterocycles. The number of rotatable bonds is 7. The van der Waals surface area contributed by atoms with Gasteiger partial charge in [-0.25, -0.2) is 4.99 Å². The number of guanidine groups is 1. The summed E-state index contributed by atoms with van der Waals surface area (Å²) in [5.41, 5.74) is 3.16. The van der Waals surface area contributed by atoms with Crippen molar-refractivity contribution in [2.45, 2.75) is 46.7 Å². The van der Waals surface area contributed by atoms with Gasteiger partial charge in [-0.2, -0.15) is 0 Å². The number of nitrogens with zero attached hydrogens (tertiary/aromatic N) is 2. The van der Waals surface area contributed by atoms with Crippen molar-refractivity contribution in [1.29, 1.82) is 0 Å². The first-order valence-corrected chi connectivity index (χ1v) is 8.44. The van der Waals surface area contributed by atoms with Gasteiger partial charge in [0, 0.05) is 25.1 Å². The van der Waals surface area contributed by atoms with Crippen molar-refractivity contribution in [3.05, 3.63) is 46.8 Å². The monoisotopic (exact) mass is 458 g/mol. The molecule has 3 N–H and O–H groups in total. The molecule has 0 fully saturated rings. The lowest BCUT2D eigenvalue weighted by molar-refractivity contribution is 0.380. The highest BCUT2D eigenvalue weighted by Crippen LogP contribution is 2.15. The summed E-state index contributed by atoms with van der Waals surface area (Å²) in [5, 5.41) is 20.0. The summed E-state index contributed by atoms with van der Waals surface area (Å²) < 4.78 is 5.39. The van der Waals surface area contributed by atoms with Gasteiger partial charge >= 0.3 is 0 Å². The Kier molecular flexibility index (Phi) is 9.33. The number of aromatic nitrogens is 1. The van der Waals surface area contributed by atoms with E-state index in [1.165, 1.54) is 0 Å². The Morgan fingerprint density at radius 1 is 1.12 bits per heavy atom. The number of hydrogen-bond acceptors (Lipinski definition) is 4. The van der Waals surface area contributed by atoms with Crippen LogP contribution in [0.5, 0.6) is 5.75 Å². The number of benzene rings is 1. The molecule has 0 radical (unpaired) electrons. The Hall–Kier alpha value is -1.77. The van der Waals surface area contributed by atoms with E-state index in [2.05, 4.69) is 34.6 Å². The van der Waals surface area contributed by atoms with Gasteiger partial charge in [-0.3, -0.25) is 0 Å². The van der Waals surface area contributed by atoms with Gasteiger partial charge in [-0.05, 0) is 31.0 Å². The molecule has 0 amide bonds. The van der Waals surface area contributed by atoms with E-state index in [9.17, 15) is 5.11 Å². The minimum atomic E-state index is 0. The van der Waals surface area contributed by atoms with Crippen molar-refractivity contribution in [1.82, 2.24) is 15.8 Å². The summed E-state index contributed by atoms with van der Waals surface area (Å²) in [5.74, 6) is 1.93. The van der Waals surface area contributed by atoms with E-state index in [1.807, 2.05) is 19.1 Å². The second-order valence-corrected chi connectivity index (χ2v) is 5.45. The minimum Gasteiger partial charge on any atom is -0.508 e. The molecule has 0 saturated heterocycles. The fraction of sp³-hybridized carbons (Fsp3) is 0.444. The van der Waals surface area contributed by atoms with Gasteiger partial charge in [0.25, 0.3) is 0 Å². The van der Waals surface area contributed by atoms with Crippen LogP contribution in [0.1, 0.15) is 43.4 Å². The molecule has 0 aliphatic heterocycles. The highest BCUT2D eigenvalue weighted by atomic mass is 127. The lowest BCUT2D eigenvalue weighted by Gasteiger charge is -2.11. The number of aryl methyl sites for hydroxylation is 2. The summed E-state index contributed by atoms with van der Waals surface area (Å²) in [7, 11) is 0. The Balaban J connectivity index is 0.00000312. The first kappa shape index (κ1) is 21.3. The SMILES string of the molecule is CCNC(=NCc1ccc(O)cc1)NCc1c(CC)noc1CC.I. The van der Waals surface area contributed by atoms with Crippen molar-refractivity contribution >= 4 is 29.9 Å². The topological polar surface area (TPSA) is 82.7 Å². The average molecular weight is 458 g/mol. The van der Waals surface area contributed by atoms with Crippen LogP contribution in [-0.2, 0) is 25.9 Å². The van der Waals surface area contributed by atoms with Crippen LogP contribution in [0.25, 0.3) is 0 Å². The zero-order chi connectivity index (χ0) is 17.4. The number of hydrogen-bond donors (Lipinski definition) is 3. The molecule has 2 aromatic rings. The van der Waals surface area contributed by atoms with Gasteiger partial charge in [0.05, 0.1) is 12.2 Å². The van der Waals surface area contributed by atoms with Crippen LogP contribution in [0.2, 0.25) is 0 Å². The molecule has 7 heteroatoms. The number of aromatic hydroxyl groups is 1. The van der Waals surface area contributed by atoms with Crippen LogP contribution in [0.3, 0.4) is 0 Å². The Bertz CT molecular complexity index is 647. The van der Waals surface area contributed by atoms with E-state index in [-0.39, 0.29) is 29.7 Å². The third-order valence-electron chi connectivity index (χ3n) is 3.74. The lowest BCUT2D eigenvalue weighted by atomic mass is 10.1. The quantitative estimate of drug-likeness (QED) is 0.337. The summed E-state index contributed by atoms with van der Waals surface area (Å²) in [6.45, 7) is 8.13. The molecule has 0 aliphatic rings. The lowest BCUT2D eigenvalue weighted by Crippen LogP contribution is -2.37. The van der Waals surface area contributed by atoms with E-state index in [1.54, 1.807) is 12.1 Å². The first-order valence-electron chi connectivity index (χ1n) is 8.44. The van der Waals surface area contributed by atoms with E-state index in [4.69, 9.17) is 4.52 Å². The Morgan fingerprint density at radius 2 is 1.84 bits per heavy atom. The molecule has 1 aromatic carbocycles. The summed E-state index contributed by atoms with van der Waals surface area (Å²) in [4.78, 5) is 4.59. The van der Waals surface area contributed by atoms with Crippen molar-refractivity contribution in [2.75, 3.05) is 6.54 Å². The van der Waals surface area contributed by atoms with Gasteiger partial charge < -0.3 is 20.3 Å². The zero-order valence-corrected chi connectivity index (χ0v) is 17.3. The van der Waals surface area contributed by atoms with E-state index >= 15 is 0 Å². The molecule has 1 aromatic heterocycles. The molecular formula is C18H27IN4O2. The normalized spacial score (nSPS) is 11.1.